The van der Waals surface area contributed by atoms with E-state index in [0.29, 0.717) is 98.7 Å². The summed E-state index contributed by atoms with van der Waals surface area (Å²) >= 11 is 0. The summed E-state index contributed by atoms with van der Waals surface area (Å²) < 4.78 is 27.1. The van der Waals surface area contributed by atoms with Gasteiger partial charge in [0.25, 0.3) is 0 Å². The summed E-state index contributed by atoms with van der Waals surface area (Å²) in [7, 11) is 3.96. The zero-order chi connectivity index (χ0) is 30.3. The fourth-order valence-electron chi connectivity index (χ4n) is 3.69. The molecule has 0 saturated heterocycles. The number of carbonyl (C=O) groups is 1. The number of ether oxygens (including phenoxy) is 5. The van der Waals surface area contributed by atoms with Crippen molar-refractivity contribution in [3.05, 3.63) is 41.7 Å². The highest BCUT2D eigenvalue weighted by Gasteiger charge is 2.14. The molecule has 0 aliphatic rings. The van der Waals surface area contributed by atoms with Crippen molar-refractivity contribution in [1.29, 1.82) is 0 Å². The predicted octanol–water partition coefficient (Wildman–Crippen LogP) is 0.0400. The average Bonchev–Trinajstić information content (AvgIpc) is 3.43. The Kier molecular flexibility index (Phi) is 19.1. The number of phenolic OH excluding ortho intramolecular Hbond substituents is 1. The molecule has 0 fully saturated rings. The van der Waals surface area contributed by atoms with Crippen LogP contribution in [0.4, 0.5) is 4.79 Å². The molecule has 1 heterocycles. The maximum atomic E-state index is 12.3. The third kappa shape index (κ3) is 17.2. The molecule has 42 heavy (non-hydrogen) atoms. The van der Waals surface area contributed by atoms with Crippen LogP contribution in [0, 0.1) is 0 Å². The third-order valence-corrected chi connectivity index (χ3v) is 6.07. The Balaban J connectivity index is 1.44. The Morgan fingerprint density at radius 3 is 2.05 bits per heavy atom. The zero-order valence-electron chi connectivity index (χ0n) is 25.0. The summed E-state index contributed by atoms with van der Waals surface area (Å²) in [6, 6.07) is 7.02. The van der Waals surface area contributed by atoms with E-state index in [-0.39, 0.29) is 17.8 Å². The number of phenols is 1. The Hall–Kier alpha value is -2.85. The number of carbonyl (C=O) groups excluding carboxylic acids is 1. The van der Waals surface area contributed by atoms with E-state index in [4.69, 9.17) is 29.4 Å². The van der Waals surface area contributed by atoms with E-state index in [9.17, 15) is 9.90 Å². The van der Waals surface area contributed by atoms with Gasteiger partial charge in [0, 0.05) is 32.1 Å². The molecule has 5 N–H and O–H groups in total. The predicted molar refractivity (Wildman–Crippen MR) is 158 cm³/mol. The van der Waals surface area contributed by atoms with Crippen molar-refractivity contribution in [2.45, 2.75) is 25.4 Å². The molecule has 2 aromatic rings. The van der Waals surface area contributed by atoms with Gasteiger partial charge in [-0.2, -0.15) is 15.0 Å². The lowest BCUT2D eigenvalue weighted by molar-refractivity contribution is -0.0112. The molecule has 0 aliphatic heterocycles. The number of urea groups is 1. The van der Waals surface area contributed by atoms with Crippen molar-refractivity contribution in [2.75, 3.05) is 99.8 Å². The Labute approximate surface area is 248 Å². The number of aromatic nitrogens is 3. The number of hydrogen-bond acceptors (Lipinski definition) is 11. The van der Waals surface area contributed by atoms with Crippen LogP contribution in [0.2, 0.25) is 0 Å². The summed E-state index contributed by atoms with van der Waals surface area (Å²) in [4.78, 5) is 15.9. The fraction of sp³-hybridized carbons (Fsp3) is 0.679. The quantitative estimate of drug-likeness (QED) is 0.114. The summed E-state index contributed by atoms with van der Waals surface area (Å²) in [5.74, 6) is 0.241. The molecular formula is C28H49N7O7. The number of likely N-dealkylation sites (N-methyl/N-ethyl adjacent to an activating group) is 1. The number of nitrogens with zero attached hydrogens (tertiary/aromatic N) is 4. The van der Waals surface area contributed by atoms with E-state index >= 15 is 0 Å². The average molecular weight is 596 g/mol. The second kappa shape index (κ2) is 22.7. The van der Waals surface area contributed by atoms with Gasteiger partial charge in [0.05, 0.1) is 84.5 Å². The van der Waals surface area contributed by atoms with Crippen molar-refractivity contribution in [3.63, 3.8) is 0 Å². The molecular weight excluding hydrogens is 546 g/mol. The first-order valence-electron chi connectivity index (χ1n) is 14.4. The number of aromatic hydroxyl groups is 1. The van der Waals surface area contributed by atoms with Gasteiger partial charge in [0.1, 0.15) is 5.75 Å². The lowest BCUT2D eigenvalue weighted by Crippen LogP contribution is -2.45. The molecule has 0 aliphatic carbocycles. The van der Waals surface area contributed by atoms with Gasteiger partial charge in [-0.25, -0.2) is 4.79 Å². The molecule has 14 nitrogen and oxygen atoms in total. The number of amides is 2. The van der Waals surface area contributed by atoms with E-state index in [0.717, 1.165) is 17.7 Å². The van der Waals surface area contributed by atoms with Crippen LogP contribution in [0.25, 0.3) is 0 Å². The van der Waals surface area contributed by atoms with Crippen LogP contribution in [0.1, 0.15) is 11.3 Å². The Morgan fingerprint density at radius 2 is 1.48 bits per heavy atom. The summed E-state index contributed by atoms with van der Waals surface area (Å²) in [5, 5.41) is 23.9. The molecule has 238 valence electrons. The molecule has 0 spiro atoms. The van der Waals surface area contributed by atoms with E-state index in [1.54, 1.807) is 23.1 Å². The van der Waals surface area contributed by atoms with Gasteiger partial charge in [-0.1, -0.05) is 12.1 Å². The summed E-state index contributed by atoms with van der Waals surface area (Å²) in [5.41, 5.74) is 7.22. The molecule has 0 bridgehead atoms. The highest BCUT2D eigenvalue weighted by molar-refractivity contribution is 5.73. The first kappa shape index (κ1) is 35.3. The standard InChI is InChI=1S/C28H49N7O7/c1-34(2)26(21-24-3-5-27(36)6-4-24)23-31-28(37)30-9-7-25-22-32-35(33-25)10-12-39-14-16-41-18-20-42-19-17-40-15-13-38-11-8-29/h3-6,22,26,36H,7-21,23,29H2,1-2H3,(H2,30,31,37)/t26-/m0/s1. The van der Waals surface area contributed by atoms with Gasteiger partial charge < -0.3 is 50.1 Å². The van der Waals surface area contributed by atoms with Gasteiger partial charge in [0.15, 0.2) is 0 Å². The van der Waals surface area contributed by atoms with E-state index in [1.165, 1.54) is 0 Å². The minimum absolute atomic E-state index is 0.122. The van der Waals surface area contributed by atoms with Crippen LogP contribution in [0.15, 0.2) is 30.5 Å². The number of nitrogens with two attached hydrogens (primary N) is 1. The van der Waals surface area contributed by atoms with Crippen LogP contribution in [-0.4, -0.2) is 137 Å². The number of rotatable bonds is 25. The molecule has 2 amide bonds. The third-order valence-electron chi connectivity index (χ3n) is 6.07. The van der Waals surface area contributed by atoms with Crippen LogP contribution < -0.4 is 16.4 Å². The molecule has 2 rings (SSSR count). The molecule has 1 aromatic carbocycles. The van der Waals surface area contributed by atoms with E-state index in [1.807, 2.05) is 26.2 Å². The molecule has 0 saturated carbocycles. The van der Waals surface area contributed by atoms with Gasteiger partial charge in [-0.05, 0) is 38.2 Å². The van der Waals surface area contributed by atoms with E-state index < -0.39 is 0 Å². The van der Waals surface area contributed by atoms with Crippen molar-refractivity contribution >= 4 is 6.03 Å². The number of hydrogen-bond donors (Lipinski definition) is 4. The first-order chi connectivity index (χ1) is 20.5. The number of nitrogens with one attached hydrogen (secondary N) is 2. The van der Waals surface area contributed by atoms with Crippen LogP contribution in [0.5, 0.6) is 5.75 Å². The van der Waals surface area contributed by atoms with E-state index in [2.05, 4.69) is 25.7 Å². The molecule has 0 unspecified atom stereocenters. The van der Waals surface area contributed by atoms with Gasteiger partial charge in [-0.15, -0.1) is 0 Å². The summed E-state index contributed by atoms with van der Waals surface area (Å²) in [6.45, 7) is 7.07. The topological polar surface area (TPSA) is 167 Å². The van der Waals surface area contributed by atoms with Crippen LogP contribution in [0.3, 0.4) is 0 Å². The van der Waals surface area contributed by atoms with Crippen LogP contribution in [-0.2, 0) is 43.1 Å². The highest BCUT2D eigenvalue weighted by atomic mass is 16.6. The highest BCUT2D eigenvalue weighted by Crippen LogP contribution is 2.12. The van der Waals surface area contributed by atoms with Crippen molar-refractivity contribution in [3.8, 4) is 5.75 Å². The minimum atomic E-state index is -0.226. The zero-order valence-corrected chi connectivity index (χ0v) is 25.0. The normalized spacial score (nSPS) is 12.1. The largest absolute Gasteiger partial charge is 0.508 e. The lowest BCUT2D eigenvalue weighted by Gasteiger charge is -2.25. The van der Waals surface area contributed by atoms with Crippen molar-refractivity contribution < 1.29 is 33.6 Å². The maximum absolute atomic E-state index is 12.3. The monoisotopic (exact) mass is 595 g/mol. The first-order valence-corrected chi connectivity index (χ1v) is 14.4. The smallest absolute Gasteiger partial charge is 0.314 e. The molecule has 1 atom stereocenters. The lowest BCUT2D eigenvalue weighted by atomic mass is 10.1. The molecule has 0 radical (unpaired) electrons. The SMILES string of the molecule is CN(C)[C@H](CNC(=O)NCCc1cnn(CCOCCOCCOCCOCCOCCN)n1)Cc1ccc(O)cc1. The Bertz CT molecular complexity index is 947. The van der Waals surface area contributed by atoms with Crippen molar-refractivity contribution in [2.24, 2.45) is 5.73 Å². The van der Waals surface area contributed by atoms with Gasteiger partial charge in [0.2, 0.25) is 0 Å². The molecule has 1 aromatic heterocycles. The second-order valence-corrected chi connectivity index (χ2v) is 9.66. The minimum Gasteiger partial charge on any atom is -0.508 e. The van der Waals surface area contributed by atoms with Gasteiger partial charge in [-0.3, -0.25) is 0 Å². The van der Waals surface area contributed by atoms with Gasteiger partial charge >= 0.3 is 6.03 Å². The maximum Gasteiger partial charge on any atom is 0.314 e. The van der Waals surface area contributed by atoms with Crippen molar-refractivity contribution in [1.82, 2.24) is 30.5 Å². The molecule has 14 heteroatoms. The second-order valence-electron chi connectivity index (χ2n) is 9.66. The van der Waals surface area contributed by atoms with Crippen LogP contribution >= 0.6 is 0 Å². The fourth-order valence-corrected chi connectivity index (χ4v) is 3.69. The summed E-state index contributed by atoms with van der Waals surface area (Å²) in [6.07, 6.45) is 3.03. The Morgan fingerprint density at radius 1 is 0.905 bits per heavy atom. The number of benzene rings is 1.